The van der Waals surface area contributed by atoms with Crippen LogP contribution in [-0.4, -0.2) is 6.61 Å². The van der Waals surface area contributed by atoms with Gasteiger partial charge in [-0.05, 0) is 43.2 Å². The molecular weight excluding hydrogens is 236 g/mol. The number of ether oxygens (including phenoxy) is 1. The van der Waals surface area contributed by atoms with E-state index in [1.807, 2.05) is 25.1 Å². The van der Waals surface area contributed by atoms with Crippen LogP contribution in [0.5, 0.6) is 5.75 Å². The van der Waals surface area contributed by atoms with E-state index in [1.54, 1.807) is 0 Å². The average molecular weight is 256 g/mol. The van der Waals surface area contributed by atoms with Crippen LogP contribution in [-0.2, 0) is 6.42 Å². The van der Waals surface area contributed by atoms with E-state index in [0.29, 0.717) is 12.3 Å². The monoisotopic (exact) mass is 256 g/mol. The van der Waals surface area contributed by atoms with Crippen LogP contribution in [0.15, 0.2) is 42.5 Å². The van der Waals surface area contributed by atoms with Crippen LogP contribution < -0.4 is 15.8 Å². The predicted molar refractivity (Wildman–Crippen MR) is 81.1 cm³/mol. The zero-order valence-electron chi connectivity index (χ0n) is 11.4. The number of anilines is 3. The maximum Gasteiger partial charge on any atom is 0.144 e. The average Bonchev–Trinajstić information content (AvgIpc) is 2.44. The Hall–Kier alpha value is -2.16. The molecule has 0 aliphatic rings. The van der Waals surface area contributed by atoms with Gasteiger partial charge < -0.3 is 15.8 Å². The molecule has 0 bridgehead atoms. The molecule has 0 unspecified atom stereocenters. The lowest BCUT2D eigenvalue weighted by molar-refractivity contribution is 0.342. The number of aryl methyl sites for hydroxylation is 1. The number of hydrogen-bond donors (Lipinski definition) is 2. The number of nitrogens with two attached hydrogens (primary N) is 1. The predicted octanol–water partition coefficient (Wildman–Crippen LogP) is 3.97. The molecule has 0 aliphatic carbocycles. The van der Waals surface area contributed by atoms with Gasteiger partial charge in [-0.3, -0.25) is 0 Å². The van der Waals surface area contributed by atoms with Crippen molar-refractivity contribution in [3.63, 3.8) is 0 Å². The number of benzene rings is 2. The van der Waals surface area contributed by atoms with Gasteiger partial charge >= 0.3 is 0 Å². The summed E-state index contributed by atoms with van der Waals surface area (Å²) in [7, 11) is 0. The Morgan fingerprint density at radius 3 is 2.32 bits per heavy atom. The Kier molecular flexibility index (Phi) is 4.29. The molecule has 0 atom stereocenters. The lowest BCUT2D eigenvalue weighted by atomic mass is 10.1. The number of nitrogens with one attached hydrogen (secondary N) is 1. The van der Waals surface area contributed by atoms with Crippen LogP contribution in [0.4, 0.5) is 17.1 Å². The zero-order chi connectivity index (χ0) is 13.7. The highest BCUT2D eigenvalue weighted by Crippen LogP contribution is 2.27. The SMILES string of the molecule is CCOc1cc(Nc2ccc(CC)cc2)ccc1N. The summed E-state index contributed by atoms with van der Waals surface area (Å²) in [6, 6.07) is 14.1. The first-order valence-corrected chi connectivity index (χ1v) is 6.61. The largest absolute Gasteiger partial charge is 0.492 e. The molecule has 0 fully saturated rings. The van der Waals surface area contributed by atoms with Crippen molar-refractivity contribution in [1.29, 1.82) is 0 Å². The van der Waals surface area contributed by atoms with E-state index in [0.717, 1.165) is 23.5 Å². The molecule has 0 aromatic heterocycles. The third-order valence-electron chi connectivity index (χ3n) is 2.96. The van der Waals surface area contributed by atoms with E-state index in [2.05, 4.69) is 36.5 Å². The molecule has 0 aliphatic heterocycles. The van der Waals surface area contributed by atoms with Gasteiger partial charge in [0.2, 0.25) is 0 Å². The van der Waals surface area contributed by atoms with Crippen LogP contribution in [0.2, 0.25) is 0 Å². The standard InChI is InChI=1S/C16H20N2O/c1-3-12-5-7-13(8-6-12)18-14-9-10-15(17)16(11-14)19-4-2/h5-11,18H,3-4,17H2,1-2H3. The lowest BCUT2D eigenvalue weighted by Crippen LogP contribution is -1.98. The van der Waals surface area contributed by atoms with Crippen LogP contribution in [0, 0.1) is 0 Å². The first kappa shape index (κ1) is 13.3. The lowest BCUT2D eigenvalue weighted by Gasteiger charge is -2.11. The molecule has 2 aromatic rings. The molecule has 3 nitrogen and oxygen atoms in total. The molecule has 2 rings (SSSR count). The Bertz CT molecular complexity index is 535. The fourth-order valence-electron chi connectivity index (χ4n) is 1.88. The molecule has 3 N–H and O–H groups in total. The van der Waals surface area contributed by atoms with E-state index in [4.69, 9.17) is 10.5 Å². The van der Waals surface area contributed by atoms with Gasteiger partial charge in [0.05, 0.1) is 12.3 Å². The van der Waals surface area contributed by atoms with Crippen molar-refractivity contribution in [1.82, 2.24) is 0 Å². The van der Waals surface area contributed by atoms with Gasteiger partial charge in [-0.25, -0.2) is 0 Å². The summed E-state index contributed by atoms with van der Waals surface area (Å²) in [4.78, 5) is 0. The third-order valence-corrected chi connectivity index (χ3v) is 2.96. The first-order valence-electron chi connectivity index (χ1n) is 6.61. The topological polar surface area (TPSA) is 47.3 Å². The fourth-order valence-corrected chi connectivity index (χ4v) is 1.88. The van der Waals surface area contributed by atoms with Crippen LogP contribution in [0.3, 0.4) is 0 Å². The second-order valence-corrected chi connectivity index (χ2v) is 4.36. The number of nitrogen functional groups attached to an aromatic ring is 1. The van der Waals surface area contributed by atoms with Gasteiger partial charge in [-0.15, -0.1) is 0 Å². The molecule has 19 heavy (non-hydrogen) atoms. The first-order chi connectivity index (χ1) is 9.22. The van der Waals surface area contributed by atoms with Gasteiger partial charge in [0.1, 0.15) is 5.75 Å². The third kappa shape index (κ3) is 3.41. The molecule has 0 saturated carbocycles. The number of hydrogen-bond acceptors (Lipinski definition) is 3. The molecule has 0 amide bonds. The van der Waals surface area contributed by atoms with E-state index in [-0.39, 0.29) is 0 Å². The van der Waals surface area contributed by atoms with Gasteiger partial charge in [0.15, 0.2) is 0 Å². The molecular formula is C16H20N2O. The highest BCUT2D eigenvalue weighted by molar-refractivity contribution is 5.66. The second-order valence-electron chi connectivity index (χ2n) is 4.36. The van der Waals surface area contributed by atoms with Gasteiger partial charge in [-0.1, -0.05) is 19.1 Å². The van der Waals surface area contributed by atoms with E-state index < -0.39 is 0 Å². The highest BCUT2D eigenvalue weighted by Gasteiger charge is 2.02. The normalized spacial score (nSPS) is 10.2. The molecule has 3 heteroatoms. The summed E-state index contributed by atoms with van der Waals surface area (Å²) in [5.41, 5.74) is 9.88. The minimum atomic E-state index is 0.610. The van der Waals surface area contributed by atoms with Crippen molar-refractivity contribution in [2.45, 2.75) is 20.3 Å². The minimum Gasteiger partial charge on any atom is -0.492 e. The molecule has 100 valence electrons. The highest BCUT2D eigenvalue weighted by atomic mass is 16.5. The Morgan fingerprint density at radius 2 is 1.68 bits per heavy atom. The summed E-state index contributed by atoms with van der Waals surface area (Å²) in [5, 5.41) is 3.35. The van der Waals surface area contributed by atoms with E-state index >= 15 is 0 Å². The van der Waals surface area contributed by atoms with Crippen LogP contribution in [0.1, 0.15) is 19.4 Å². The van der Waals surface area contributed by atoms with Gasteiger partial charge in [-0.2, -0.15) is 0 Å². The maximum atomic E-state index is 5.85. The van der Waals surface area contributed by atoms with E-state index in [1.165, 1.54) is 5.56 Å². The fraction of sp³-hybridized carbons (Fsp3) is 0.250. The van der Waals surface area contributed by atoms with Crippen molar-refractivity contribution in [2.75, 3.05) is 17.7 Å². The second kappa shape index (κ2) is 6.14. The van der Waals surface area contributed by atoms with Crippen LogP contribution in [0.25, 0.3) is 0 Å². The molecule has 0 heterocycles. The number of rotatable bonds is 5. The molecule has 0 radical (unpaired) electrons. The molecule has 0 spiro atoms. The quantitative estimate of drug-likeness (QED) is 0.796. The van der Waals surface area contributed by atoms with E-state index in [9.17, 15) is 0 Å². The Morgan fingerprint density at radius 1 is 1.00 bits per heavy atom. The van der Waals surface area contributed by atoms with Crippen LogP contribution >= 0.6 is 0 Å². The molecule has 0 saturated heterocycles. The summed E-state index contributed by atoms with van der Waals surface area (Å²) < 4.78 is 5.49. The summed E-state index contributed by atoms with van der Waals surface area (Å²) in [5.74, 6) is 0.720. The summed E-state index contributed by atoms with van der Waals surface area (Å²) >= 11 is 0. The zero-order valence-corrected chi connectivity index (χ0v) is 11.4. The van der Waals surface area contributed by atoms with Crippen molar-refractivity contribution < 1.29 is 4.74 Å². The Balaban J connectivity index is 2.15. The van der Waals surface area contributed by atoms with Crippen molar-refractivity contribution in [2.24, 2.45) is 0 Å². The van der Waals surface area contributed by atoms with Crippen molar-refractivity contribution in [3.8, 4) is 5.75 Å². The van der Waals surface area contributed by atoms with Gasteiger partial charge in [0, 0.05) is 17.4 Å². The maximum absolute atomic E-state index is 5.85. The minimum absolute atomic E-state index is 0.610. The molecule has 2 aromatic carbocycles. The Labute approximate surface area is 114 Å². The van der Waals surface area contributed by atoms with Crippen molar-refractivity contribution >= 4 is 17.1 Å². The van der Waals surface area contributed by atoms with Crippen molar-refractivity contribution in [3.05, 3.63) is 48.0 Å². The summed E-state index contributed by atoms with van der Waals surface area (Å²) in [6.07, 6.45) is 1.05. The smallest absolute Gasteiger partial charge is 0.144 e. The summed E-state index contributed by atoms with van der Waals surface area (Å²) in [6.45, 7) is 4.71. The van der Waals surface area contributed by atoms with Gasteiger partial charge in [0.25, 0.3) is 0 Å².